The second-order valence-corrected chi connectivity index (χ2v) is 4.90. The zero-order valence-corrected chi connectivity index (χ0v) is 11.7. The van der Waals surface area contributed by atoms with E-state index in [-0.39, 0.29) is 5.84 Å². The Kier molecular flexibility index (Phi) is 4.71. The number of rotatable bonds is 6. The average molecular weight is 268 g/mol. The molecule has 1 heterocycles. The van der Waals surface area contributed by atoms with Crippen molar-refractivity contribution in [1.29, 1.82) is 5.41 Å². The highest BCUT2D eigenvalue weighted by atomic mass is 15.1. The van der Waals surface area contributed by atoms with E-state index in [2.05, 4.69) is 28.1 Å². The van der Waals surface area contributed by atoms with Crippen molar-refractivity contribution in [3.63, 3.8) is 0 Å². The van der Waals surface area contributed by atoms with E-state index in [1.54, 1.807) is 0 Å². The van der Waals surface area contributed by atoms with Crippen molar-refractivity contribution in [2.45, 2.75) is 19.9 Å². The molecule has 0 unspecified atom stereocenters. The molecular formula is C16H20N4. The van der Waals surface area contributed by atoms with Crippen LogP contribution in [-0.4, -0.2) is 17.4 Å². The first-order valence-electron chi connectivity index (χ1n) is 6.68. The summed E-state index contributed by atoms with van der Waals surface area (Å²) in [5.41, 5.74) is 8.93. The molecule has 1 aromatic heterocycles. The van der Waals surface area contributed by atoms with Crippen LogP contribution in [0.3, 0.4) is 0 Å². The van der Waals surface area contributed by atoms with Gasteiger partial charge in [-0.15, -0.1) is 0 Å². The molecule has 0 aliphatic carbocycles. The molecule has 0 saturated heterocycles. The maximum atomic E-state index is 7.40. The fraction of sp³-hybridized carbons (Fsp3) is 0.250. The van der Waals surface area contributed by atoms with Gasteiger partial charge in [-0.2, -0.15) is 0 Å². The number of hydrogen-bond acceptors (Lipinski definition) is 3. The number of aryl methyl sites for hydroxylation is 1. The smallest absolute Gasteiger partial charge is 0.0923 e. The number of pyridine rings is 1. The van der Waals surface area contributed by atoms with Gasteiger partial charge in [-0.05, 0) is 30.2 Å². The molecule has 0 saturated carbocycles. The Morgan fingerprint density at radius 2 is 2.00 bits per heavy atom. The summed E-state index contributed by atoms with van der Waals surface area (Å²) in [4.78, 5) is 6.45. The molecular weight excluding hydrogens is 248 g/mol. The predicted molar refractivity (Wildman–Crippen MR) is 83.0 cm³/mol. The Balaban J connectivity index is 2.16. The number of para-hydroxylation sites is 1. The summed E-state index contributed by atoms with van der Waals surface area (Å²) in [5.74, 6) is 0.216. The molecule has 4 heteroatoms. The van der Waals surface area contributed by atoms with Gasteiger partial charge < -0.3 is 10.6 Å². The van der Waals surface area contributed by atoms with E-state index in [0.717, 1.165) is 29.9 Å². The van der Waals surface area contributed by atoms with Crippen molar-refractivity contribution in [3.8, 4) is 0 Å². The average Bonchev–Trinajstić information content (AvgIpc) is 2.44. The van der Waals surface area contributed by atoms with Gasteiger partial charge in [-0.1, -0.05) is 24.3 Å². The molecule has 0 aliphatic rings. The molecule has 2 rings (SSSR count). The van der Waals surface area contributed by atoms with Crippen molar-refractivity contribution in [3.05, 3.63) is 59.9 Å². The topological polar surface area (TPSA) is 66.0 Å². The van der Waals surface area contributed by atoms with E-state index < -0.39 is 0 Å². The summed E-state index contributed by atoms with van der Waals surface area (Å²) in [7, 11) is 0. The Hall–Kier alpha value is -2.36. The quantitative estimate of drug-likeness (QED) is 0.625. The van der Waals surface area contributed by atoms with Crippen LogP contribution in [0, 0.1) is 12.3 Å². The number of anilines is 1. The molecule has 0 radical (unpaired) electrons. The number of aromatic nitrogens is 1. The molecule has 4 nitrogen and oxygen atoms in total. The third-order valence-corrected chi connectivity index (χ3v) is 3.08. The molecule has 0 bridgehead atoms. The fourth-order valence-corrected chi connectivity index (χ4v) is 2.12. The summed E-state index contributed by atoms with van der Waals surface area (Å²) in [6.07, 6.45) is 4.30. The van der Waals surface area contributed by atoms with Crippen LogP contribution in [0.15, 0.2) is 48.8 Å². The standard InChI is InChI=1S/C16H20N4/c1-13-9-14(11-19-10-13)12-20(8-7-16(17)18)15-5-3-2-4-6-15/h2-6,9-11H,7-8,12H2,1H3,(H3,17,18). The van der Waals surface area contributed by atoms with Gasteiger partial charge in [-0.3, -0.25) is 10.4 Å². The molecule has 0 aliphatic heterocycles. The molecule has 0 atom stereocenters. The van der Waals surface area contributed by atoms with Gasteiger partial charge in [0.1, 0.15) is 0 Å². The van der Waals surface area contributed by atoms with Crippen LogP contribution < -0.4 is 10.6 Å². The minimum absolute atomic E-state index is 0.216. The van der Waals surface area contributed by atoms with E-state index in [4.69, 9.17) is 11.1 Å². The van der Waals surface area contributed by atoms with Gasteiger partial charge in [0.2, 0.25) is 0 Å². The summed E-state index contributed by atoms with van der Waals surface area (Å²) < 4.78 is 0. The molecule has 2 aromatic rings. The van der Waals surface area contributed by atoms with Gasteiger partial charge in [0.15, 0.2) is 0 Å². The van der Waals surface area contributed by atoms with Crippen LogP contribution >= 0.6 is 0 Å². The lowest BCUT2D eigenvalue weighted by atomic mass is 10.2. The number of benzene rings is 1. The Morgan fingerprint density at radius 1 is 1.25 bits per heavy atom. The normalized spacial score (nSPS) is 10.2. The Labute approximate surface area is 119 Å². The first-order chi connectivity index (χ1) is 9.65. The third-order valence-electron chi connectivity index (χ3n) is 3.08. The zero-order chi connectivity index (χ0) is 14.4. The van der Waals surface area contributed by atoms with E-state index in [1.807, 2.05) is 37.5 Å². The predicted octanol–water partition coefficient (Wildman–Crippen LogP) is 2.72. The van der Waals surface area contributed by atoms with Crippen LogP contribution in [-0.2, 0) is 6.54 Å². The highest BCUT2D eigenvalue weighted by Crippen LogP contribution is 2.17. The van der Waals surface area contributed by atoms with Crippen molar-refractivity contribution in [1.82, 2.24) is 4.98 Å². The van der Waals surface area contributed by atoms with E-state index in [1.165, 1.54) is 0 Å². The number of nitrogens with two attached hydrogens (primary N) is 1. The van der Waals surface area contributed by atoms with Gasteiger partial charge in [0.25, 0.3) is 0 Å². The largest absolute Gasteiger partial charge is 0.388 e. The molecule has 0 fully saturated rings. The third kappa shape index (κ3) is 4.09. The van der Waals surface area contributed by atoms with Crippen LogP contribution in [0.1, 0.15) is 17.5 Å². The van der Waals surface area contributed by atoms with Crippen LogP contribution in [0.4, 0.5) is 5.69 Å². The monoisotopic (exact) mass is 268 g/mol. The van der Waals surface area contributed by atoms with Gasteiger partial charge in [0.05, 0.1) is 5.84 Å². The SMILES string of the molecule is Cc1cncc(CN(CCC(=N)N)c2ccccc2)c1. The van der Waals surface area contributed by atoms with Gasteiger partial charge in [0, 0.05) is 37.6 Å². The molecule has 20 heavy (non-hydrogen) atoms. The zero-order valence-electron chi connectivity index (χ0n) is 11.7. The lowest BCUT2D eigenvalue weighted by Crippen LogP contribution is -2.27. The lowest BCUT2D eigenvalue weighted by molar-refractivity contribution is 0.798. The fourth-order valence-electron chi connectivity index (χ4n) is 2.12. The van der Waals surface area contributed by atoms with E-state index in [9.17, 15) is 0 Å². The van der Waals surface area contributed by atoms with Crippen molar-refractivity contribution in [2.75, 3.05) is 11.4 Å². The molecule has 1 aromatic carbocycles. The number of nitrogens with one attached hydrogen (secondary N) is 1. The highest BCUT2D eigenvalue weighted by Gasteiger charge is 2.08. The number of amidine groups is 1. The first kappa shape index (κ1) is 14.1. The van der Waals surface area contributed by atoms with E-state index in [0.29, 0.717) is 6.42 Å². The van der Waals surface area contributed by atoms with Crippen LogP contribution in [0.25, 0.3) is 0 Å². The molecule has 0 spiro atoms. The summed E-state index contributed by atoms with van der Waals surface area (Å²) >= 11 is 0. The first-order valence-corrected chi connectivity index (χ1v) is 6.68. The second kappa shape index (κ2) is 6.70. The van der Waals surface area contributed by atoms with Crippen LogP contribution in [0.2, 0.25) is 0 Å². The number of nitrogens with zero attached hydrogens (tertiary/aromatic N) is 2. The Morgan fingerprint density at radius 3 is 2.65 bits per heavy atom. The summed E-state index contributed by atoms with van der Waals surface area (Å²) in [5, 5.41) is 7.40. The lowest BCUT2D eigenvalue weighted by Gasteiger charge is -2.24. The minimum Gasteiger partial charge on any atom is -0.388 e. The van der Waals surface area contributed by atoms with Crippen molar-refractivity contribution >= 4 is 11.5 Å². The molecule has 104 valence electrons. The van der Waals surface area contributed by atoms with E-state index >= 15 is 0 Å². The summed E-state index contributed by atoms with van der Waals surface area (Å²) in [6.45, 7) is 3.54. The summed E-state index contributed by atoms with van der Waals surface area (Å²) in [6, 6.07) is 12.3. The van der Waals surface area contributed by atoms with Crippen molar-refractivity contribution < 1.29 is 0 Å². The maximum absolute atomic E-state index is 7.40. The van der Waals surface area contributed by atoms with Crippen LogP contribution in [0.5, 0.6) is 0 Å². The highest BCUT2D eigenvalue weighted by molar-refractivity contribution is 5.77. The van der Waals surface area contributed by atoms with Crippen molar-refractivity contribution in [2.24, 2.45) is 5.73 Å². The second-order valence-electron chi connectivity index (χ2n) is 4.90. The Bertz CT molecular complexity index is 566. The molecule has 0 amide bonds. The maximum Gasteiger partial charge on any atom is 0.0923 e. The van der Waals surface area contributed by atoms with Gasteiger partial charge in [-0.25, -0.2) is 0 Å². The molecule has 3 N–H and O–H groups in total. The van der Waals surface area contributed by atoms with Gasteiger partial charge >= 0.3 is 0 Å². The number of hydrogen-bond donors (Lipinski definition) is 2. The minimum atomic E-state index is 0.216.